The zero-order chi connectivity index (χ0) is 12.1. The zero-order valence-electron chi connectivity index (χ0n) is 11.0. The Labute approximate surface area is 104 Å². The predicted molar refractivity (Wildman–Crippen MR) is 70.0 cm³/mol. The van der Waals surface area contributed by atoms with E-state index >= 15 is 0 Å². The minimum atomic E-state index is 0.500. The first-order chi connectivity index (χ1) is 8.33. The van der Waals surface area contributed by atoms with Gasteiger partial charge in [-0.15, -0.1) is 0 Å². The normalized spacial score (nSPS) is 23.6. The van der Waals surface area contributed by atoms with Gasteiger partial charge in [0.05, 0.1) is 6.10 Å². The minimum Gasteiger partial charge on any atom is -0.378 e. The van der Waals surface area contributed by atoms with Crippen LogP contribution in [0.1, 0.15) is 38.8 Å². The Morgan fingerprint density at radius 2 is 2.24 bits per heavy atom. The Balaban J connectivity index is 1.70. The summed E-state index contributed by atoms with van der Waals surface area (Å²) in [5.74, 6) is 0. The molecule has 17 heavy (non-hydrogen) atoms. The standard InChI is InChI=1S/C14H24N2O/c1-3-7-16-8-5-6-13(16)11-15-12-9-14(10-12)17-4-2/h5-6,8,12,14-15H,3-4,7,9-11H2,1-2H3. The van der Waals surface area contributed by atoms with Crippen LogP contribution in [0.15, 0.2) is 18.3 Å². The van der Waals surface area contributed by atoms with Gasteiger partial charge in [0, 0.05) is 37.6 Å². The van der Waals surface area contributed by atoms with E-state index in [4.69, 9.17) is 4.74 Å². The molecule has 0 aliphatic heterocycles. The summed E-state index contributed by atoms with van der Waals surface area (Å²) < 4.78 is 7.90. The number of hydrogen-bond donors (Lipinski definition) is 1. The van der Waals surface area contributed by atoms with Crippen LogP contribution in [0.4, 0.5) is 0 Å². The largest absolute Gasteiger partial charge is 0.378 e. The number of aromatic nitrogens is 1. The second kappa shape index (κ2) is 6.22. The summed E-state index contributed by atoms with van der Waals surface area (Å²) in [7, 11) is 0. The van der Waals surface area contributed by atoms with Gasteiger partial charge < -0.3 is 14.6 Å². The van der Waals surface area contributed by atoms with Crippen molar-refractivity contribution in [2.75, 3.05) is 6.61 Å². The molecule has 2 rings (SSSR count). The molecule has 0 unspecified atom stereocenters. The van der Waals surface area contributed by atoms with E-state index in [0.717, 1.165) is 19.7 Å². The number of ether oxygens (including phenoxy) is 1. The second-order valence-electron chi connectivity index (χ2n) is 4.82. The lowest BCUT2D eigenvalue weighted by Crippen LogP contribution is -2.45. The van der Waals surface area contributed by atoms with Crippen molar-refractivity contribution in [3.05, 3.63) is 24.0 Å². The first kappa shape index (κ1) is 12.7. The summed E-state index contributed by atoms with van der Waals surface area (Å²) >= 11 is 0. The topological polar surface area (TPSA) is 26.2 Å². The maximum atomic E-state index is 5.56. The molecule has 1 heterocycles. The van der Waals surface area contributed by atoms with E-state index in [0.29, 0.717) is 12.1 Å². The number of nitrogens with one attached hydrogen (secondary N) is 1. The summed E-state index contributed by atoms with van der Waals surface area (Å²) in [6, 6.07) is 4.99. The molecule has 1 saturated carbocycles. The third-order valence-electron chi connectivity index (χ3n) is 3.46. The van der Waals surface area contributed by atoms with E-state index in [9.17, 15) is 0 Å². The van der Waals surface area contributed by atoms with Crippen molar-refractivity contribution in [3.63, 3.8) is 0 Å². The lowest BCUT2D eigenvalue weighted by molar-refractivity contribution is -0.0103. The first-order valence-corrected chi connectivity index (χ1v) is 6.82. The van der Waals surface area contributed by atoms with Gasteiger partial charge in [-0.2, -0.15) is 0 Å². The van der Waals surface area contributed by atoms with E-state index in [1.165, 1.54) is 25.0 Å². The van der Waals surface area contributed by atoms with Gasteiger partial charge in [-0.25, -0.2) is 0 Å². The van der Waals surface area contributed by atoms with E-state index in [1.807, 2.05) is 0 Å². The Morgan fingerprint density at radius 3 is 2.94 bits per heavy atom. The molecule has 1 fully saturated rings. The monoisotopic (exact) mass is 236 g/mol. The molecule has 0 bridgehead atoms. The molecule has 0 atom stereocenters. The van der Waals surface area contributed by atoms with E-state index in [1.54, 1.807) is 0 Å². The number of rotatable bonds is 7. The number of nitrogens with zero attached hydrogens (tertiary/aromatic N) is 1. The van der Waals surface area contributed by atoms with E-state index in [2.05, 4.69) is 42.1 Å². The third-order valence-corrected chi connectivity index (χ3v) is 3.46. The molecule has 96 valence electrons. The number of hydrogen-bond acceptors (Lipinski definition) is 2. The Hall–Kier alpha value is -0.800. The predicted octanol–water partition coefficient (Wildman–Crippen LogP) is 2.56. The summed E-state index contributed by atoms with van der Waals surface area (Å²) in [6.07, 6.45) is 6.20. The maximum Gasteiger partial charge on any atom is 0.0604 e. The Morgan fingerprint density at radius 1 is 1.41 bits per heavy atom. The quantitative estimate of drug-likeness (QED) is 0.787. The van der Waals surface area contributed by atoms with Gasteiger partial charge in [-0.3, -0.25) is 0 Å². The zero-order valence-corrected chi connectivity index (χ0v) is 11.0. The molecular formula is C14H24N2O. The first-order valence-electron chi connectivity index (χ1n) is 6.82. The highest BCUT2D eigenvalue weighted by atomic mass is 16.5. The van der Waals surface area contributed by atoms with Crippen molar-refractivity contribution in [2.45, 2.75) is 58.3 Å². The summed E-state index contributed by atoms with van der Waals surface area (Å²) in [5, 5.41) is 3.61. The highest BCUT2D eigenvalue weighted by molar-refractivity contribution is 5.07. The van der Waals surface area contributed by atoms with Gasteiger partial charge in [-0.05, 0) is 38.3 Å². The van der Waals surface area contributed by atoms with Crippen LogP contribution in [0.5, 0.6) is 0 Å². The Kier molecular flexibility index (Phi) is 4.63. The SMILES string of the molecule is CCCn1cccc1CNC1CC(OCC)C1. The van der Waals surface area contributed by atoms with Gasteiger partial charge in [0.15, 0.2) is 0 Å². The highest BCUT2D eigenvalue weighted by Crippen LogP contribution is 2.23. The van der Waals surface area contributed by atoms with Crippen LogP contribution in [-0.2, 0) is 17.8 Å². The van der Waals surface area contributed by atoms with Crippen LogP contribution in [0.2, 0.25) is 0 Å². The molecule has 1 aliphatic rings. The molecule has 1 aliphatic carbocycles. The molecule has 0 amide bonds. The van der Waals surface area contributed by atoms with Crippen LogP contribution >= 0.6 is 0 Å². The fraction of sp³-hybridized carbons (Fsp3) is 0.714. The molecular weight excluding hydrogens is 212 g/mol. The molecule has 3 nitrogen and oxygen atoms in total. The molecule has 0 spiro atoms. The highest BCUT2D eigenvalue weighted by Gasteiger charge is 2.28. The van der Waals surface area contributed by atoms with E-state index < -0.39 is 0 Å². The summed E-state index contributed by atoms with van der Waals surface area (Å²) in [4.78, 5) is 0. The van der Waals surface area contributed by atoms with Crippen molar-refractivity contribution in [1.29, 1.82) is 0 Å². The Bertz CT molecular complexity index is 329. The lowest BCUT2D eigenvalue weighted by atomic mass is 9.89. The molecule has 3 heteroatoms. The van der Waals surface area contributed by atoms with Crippen molar-refractivity contribution < 1.29 is 4.74 Å². The average Bonchev–Trinajstić information content (AvgIpc) is 2.70. The van der Waals surface area contributed by atoms with Crippen LogP contribution in [0.25, 0.3) is 0 Å². The van der Waals surface area contributed by atoms with Crippen LogP contribution in [0, 0.1) is 0 Å². The fourth-order valence-corrected chi connectivity index (χ4v) is 2.42. The smallest absolute Gasteiger partial charge is 0.0604 e. The van der Waals surface area contributed by atoms with Gasteiger partial charge in [0.1, 0.15) is 0 Å². The average molecular weight is 236 g/mol. The lowest BCUT2D eigenvalue weighted by Gasteiger charge is -2.35. The fourth-order valence-electron chi connectivity index (χ4n) is 2.42. The molecule has 1 aromatic rings. The van der Waals surface area contributed by atoms with Gasteiger partial charge in [0.25, 0.3) is 0 Å². The van der Waals surface area contributed by atoms with Crippen molar-refractivity contribution in [3.8, 4) is 0 Å². The van der Waals surface area contributed by atoms with Gasteiger partial charge in [0.2, 0.25) is 0 Å². The van der Waals surface area contributed by atoms with Gasteiger partial charge in [-0.1, -0.05) is 6.92 Å². The van der Waals surface area contributed by atoms with Gasteiger partial charge >= 0.3 is 0 Å². The number of aryl methyl sites for hydroxylation is 1. The summed E-state index contributed by atoms with van der Waals surface area (Å²) in [5.41, 5.74) is 1.40. The van der Waals surface area contributed by atoms with Crippen molar-refractivity contribution in [1.82, 2.24) is 9.88 Å². The second-order valence-corrected chi connectivity index (χ2v) is 4.82. The van der Waals surface area contributed by atoms with Crippen LogP contribution < -0.4 is 5.32 Å². The molecule has 1 aromatic heterocycles. The molecule has 0 saturated heterocycles. The van der Waals surface area contributed by atoms with Crippen LogP contribution in [0.3, 0.4) is 0 Å². The van der Waals surface area contributed by atoms with E-state index in [-0.39, 0.29) is 0 Å². The summed E-state index contributed by atoms with van der Waals surface area (Å²) in [6.45, 7) is 7.23. The minimum absolute atomic E-state index is 0.500. The van der Waals surface area contributed by atoms with Crippen LogP contribution in [-0.4, -0.2) is 23.3 Å². The van der Waals surface area contributed by atoms with Crippen molar-refractivity contribution >= 4 is 0 Å². The molecule has 1 N–H and O–H groups in total. The van der Waals surface area contributed by atoms with Crippen molar-refractivity contribution in [2.24, 2.45) is 0 Å². The molecule has 0 aromatic carbocycles. The molecule has 0 radical (unpaired) electrons. The maximum absolute atomic E-state index is 5.56. The third kappa shape index (κ3) is 3.33.